The van der Waals surface area contributed by atoms with Gasteiger partial charge in [-0.2, -0.15) is 0 Å². The highest BCUT2D eigenvalue weighted by Gasteiger charge is 2.27. The van der Waals surface area contributed by atoms with Crippen molar-refractivity contribution >= 4 is 0 Å². The SMILES string of the molecule is CCC(CC)C1CCC(c2cc(F)c(F)c(F)c2)CC1. The van der Waals surface area contributed by atoms with E-state index in [9.17, 15) is 13.2 Å². The largest absolute Gasteiger partial charge is 0.204 e. The van der Waals surface area contributed by atoms with Gasteiger partial charge in [-0.05, 0) is 61.1 Å². The molecule has 0 unspecified atom stereocenters. The van der Waals surface area contributed by atoms with E-state index in [1.54, 1.807) is 0 Å². The number of hydrogen-bond acceptors (Lipinski definition) is 0. The van der Waals surface area contributed by atoms with Gasteiger partial charge in [0.2, 0.25) is 0 Å². The maximum atomic E-state index is 13.3. The summed E-state index contributed by atoms with van der Waals surface area (Å²) in [5, 5.41) is 0. The van der Waals surface area contributed by atoms with Crippen LogP contribution >= 0.6 is 0 Å². The van der Waals surface area contributed by atoms with Gasteiger partial charge >= 0.3 is 0 Å². The monoisotopic (exact) mass is 284 g/mol. The van der Waals surface area contributed by atoms with Crippen LogP contribution in [-0.2, 0) is 0 Å². The van der Waals surface area contributed by atoms with Crippen LogP contribution in [0.5, 0.6) is 0 Å². The fourth-order valence-electron chi connectivity index (χ4n) is 3.69. The molecular formula is C17H23F3. The molecule has 1 fully saturated rings. The summed E-state index contributed by atoms with van der Waals surface area (Å²) >= 11 is 0. The lowest BCUT2D eigenvalue weighted by atomic mass is 9.72. The van der Waals surface area contributed by atoms with E-state index >= 15 is 0 Å². The predicted octanol–water partition coefficient (Wildman–Crippen LogP) is 5.81. The van der Waals surface area contributed by atoms with Gasteiger partial charge in [0.15, 0.2) is 17.5 Å². The molecule has 1 aromatic rings. The normalized spacial score (nSPS) is 23.3. The zero-order chi connectivity index (χ0) is 14.7. The second kappa shape index (κ2) is 6.64. The van der Waals surface area contributed by atoms with E-state index in [0.29, 0.717) is 5.56 Å². The minimum absolute atomic E-state index is 0.171. The summed E-state index contributed by atoms with van der Waals surface area (Å²) in [5.41, 5.74) is 0.615. The molecule has 0 nitrogen and oxygen atoms in total. The molecule has 0 radical (unpaired) electrons. The highest BCUT2D eigenvalue weighted by molar-refractivity contribution is 5.23. The fourth-order valence-corrected chi connectivity index (χ4v) is 3.69. The average Bonchev–Trinajstić information content (AvgIpc) is 2.46. The van der Waals surface area contributed by atoms with E-state index in [1.807, 2.05) is 0 Å². The van der Waals surface area contributed by atoms with Crippen molar-refractivity contribution < 1.29 is 13.2 Å². The van der Waals surface area contributed by atoms with Crippen molar-refractivity contribution in [3.05, 3.63) is 35.1 Å². The third-order valence-electron chi connectivity index (χ3n) is 4.96. The molecule has 20 heavy (non-hydrogen) atoms. The van der Waals surface area contributed by atoms with Crippen molar-refractivity contribution in [3.63, 3.8) is 0 Å². The first-order valence-corrected chi connectivity index (χ1v) is 7.71. The third kappa shape index (κ3) is 3.18. The molecule has 0 atom stereocenters. The van der Waals surface area contributed by atoms with Gasteiger partial charge < -0.3 is 0 Å². The average molecular weight is 284 g/mol. The number of hydrogen-bond donors (Lipinski definition) is 0. The molecule has 1 aliphatic rings. The van der Waals surface area contributed by atoms with E-state index in [4.69, 9.17) is 0 Å². The molecule has 0 aromatic heterocycles. The Bertz CT molecular complexity index is 421. The lowest BCUT2D eigenvalue weighted by Crippen LogP contribution is -2.20. The molecule has 1 aromatic carbocycles. The molecule has 1 aliphatic carbocycles. The molecule has 1 saturated carbocycles. The van der Waals surface area contributed by atoms with Crippen LogP contribution in [0.4, 0.5) is 13.2 Å². The Morgan fingerprint density at radius 2 is 1.45 bits per heavy atom. The highest BCUT2D eigenvalue weighted by Crippen LogP contribution is 2.40. The van der Waals surface area contributed by atoms with Gasteiger partial charge in [0, 0.05) is 0 Å². The standard InChI is InChI=1S/C17H23F3/c1-3-11(4-2)12-5-7-13(8-6-12)14-9-15(18)17(20)16(19)10-14/h9-13H,3-8H2,1-2H3. The second-order valence-corrected chi connectivity index (χ2v) is 5.99. The Hall–Kier alpha value is -0.990. The molecule has 0 bridgehead atoms. The molecule has 0 saturated heterocycles. The van der Waals surface area contributed by atoms with Crippen LogP contribution in [0.2, 0.25) is 0 Å². The first-order chi connectivity index (χ1) is 9.56. The van der Waals surface area contributed by atoms with Gasteiger partial charge in [0.05, 0.1) is 0 Å². The lowest BCUT2D eigenvalue weighted by Gasteiger charge is -2.33. The Morgan fingerprint density at radius 1 is 0.950 bits per heavy atom. The van der Waals surface area contributed by atoms with E-state index in [-0.39, 0.29) is 5.92 Å². The van der Waals surface area contributed by atoms with E-state index in [0.717, 1.165) is 37.5 Å². The molecule has 0 amide bonds. The molecule has 112 valence electrons. The summed E-state index contributed by atoms with van der Waals surface area (Å²) in [6.45, 7) is 4.45. The minimum Gasteiger partial charge on any atom is -0.204 e. The zero-order valence-electron chi connectivity index (χ0n) is 12.3. The number of halogens is 3. The molecule has 2 rings (SSSR count). The first-order valence-electron chi connectivity index (χ1n) is 7.71. The van der Waals surface area contributed by atoms with Gasteiger partial charge in [0.25, 0.3) is 0 Å². The molecule has 0 heterocycles. The van der Waals surface area contributed by atoms with Crippen LogP contribution in [-0.4, -0.2) is 0 Å². The van der Waals surface area contributed by atoms with Gasteiger partial charge in [-0.1, -0.05) is 26.7 Å². The van der Waals surface area contributed by atoms with Gasteiger partial charge in [-0.3, -0.25) is 0 Å². The Morgan fingerprint density at radius 3 is 1.90 bits per heavy atom. The number of benzene rings is 1. The Kier molecular flexibility index (Phi) is 5.11. The summed E-state index contributed by atoms with van der Waals surface area (Å²) in [5.74, 6) is -1.83. The first kappa shape index (κ1) is 15.4. The summed E-state index contributed by atoms with van der Waals surface area (Å²) < 4.78 is 39.6. The summed E-state index contributed by atoms with van der Waals surface area (Å²) in [4.78, 5) is 0. The van der Waals surface area contributed by atoms with Crippen molar-refractivity contribution in [1.82, 2.24) is 0 Å². The molecule has 0 aliphatic heterocycles. The maximum absolute atomic E-state index is 13.3. The smallest absolute Gasteiger partial charge is 0.194 e. The maximum Gasteiger partial charge on any atom is 0.194 e. The predicted molar refractivity (Wildman–Crippen MR) is 75.1 cm³/mol. The molecule has 0 spiro atoms. The van der Waals surface area contributed by atoms with Gasteiger partial charge in [0.1, 0.15) is 0 Å². The van der Waals surface area contributed by atoms with Gasteiger partial charge in [-0.25, -0.2) is 13.2 Å². The second-order valence-electron chi connectivity index (χ2n) is 5.99. The highest BCUT2D eigenvalue weighted by atomic mass is 19.2. The quantitative estimate of drug-likeness (QED) is 0.612. The van der Waals surface area contributed by atoms with E-state index in [1.165, 1.54) is 25.0 Å². The van der Waals surface area contributed by atoms with E-state index in [2.05, 4.69) is 13.8 Å². The summed E-state index contributed by atoms with van der Waals surface area (Å²) in [7, 11) is 0. The van der Waals surface area contributed by atoms with Crippen LogP contribution in [0.15, 0.2) is 12.1 Å². The minimum atomic E-state index is -1.36. The van der Waals surface area contributed by atoms with Crippen LogP contribution in [0, 0.1) is 29.3 Å². The number of rotatable bonds is 4. The van der Waals surface area contributed by atoms with Crippen molar-refractivity contribution in [2.24, 2.45) is 11.8 Å². The van der Waals surface area contributed by atoms with Crippen LogP contribution in [0.25, 0.3) is 0 Å². The Labute approximate surface area is 119 Å². The zero-order valence-corrected chi connectivity index (χ0v) is 12.3. The van der Waals surface area contributed by atoms with Crippen LogP contribution < -0.4 is 0 Å². The summed E-state index contributed by atoms with van der Waals surface area (Å²) in [6, 6.07) is 2.33. The topological polar surface area (TPSA) is 0 Å². The Balaban J connectivity index is 2.04. The van der Waals surface area contributed by atoms with Crippen molar-refractivity contribution in [2.45, 2.75) is 58.3 Å². The van der Waals surface area contributed by atoms with Gasteiger partial charge in [-0.15, -0.1) is 0 Å². The van der Waals surface area contributed by atoms with Crippen LogP contribution in [0.3, 0.4) is 0 Å². The van der Waals surface area contributed by atoms with Crippen molar-refractivity contribution in [1.29, 1.82) is 0 Å². The molecule has 0 N–H and O–H groups in total. The molecule has 3 heteroatoms. The van der Waals surface area contributed by atoms with Crippen molar-refractivity contribution in [2.75, 3.05) is 0 Å². The van der Waals surface area contributed by atoms with Crippen molar-refractivity contribution in [3.8, 4) is 0 Å². The summed E-state index contributed by atoms with van der Waals surface area (Å²) in [6.07, 6.45) is 6.52. The van der Waals surface area contributed by atoms with E-state index < -0.39 is 17.5 Å². The lowest BCUT2D eigenvalue weighted by molar-refractivity contribution is 0.221. The third-order valence-corrected chi connectivity index (χ3v) is 4.96. The molecular weight excluding hydrogens is 261 g/mol. The fraction of sp³-hybridized carbons (Fsp3) is 0.647. The van der Waals surface area contributed by atoms with Crippen LogP contribution in [0.1, 0.15) is 63.9 Å².